The Morgan fingerprint density at radius 1 is 0.882 bits per heavy atom. The van der Waals surface area contributed by atoms with Crippen molar-refractivity contribution in [1.82, 2.24) is 14.8 Å². The zero-order chi connectivity index (χ0) is 23.2. The molecule has 0 saturated heterocycles. The van der Waals surface area contributed by atoms with Crippen molar-refractivity contribution in [3.63, 3.8) is 0 Å². The second-order valence-corrected chi connectivity index (χ2v) is 9.81. The maximum atomic E-state index is 5.93. The van der Waals surface area contributed by atoms with Gasteiger partial charge >= 0.3 is 0 Å². The summed E-state index contributed by atoms with van der Waals surface area (Å²) in [6.07, 6.45) is 7.10. The summed E-state index contributed by atoms with van der Waals surface area (Å²) in [5.74, 6) is 3.58. The highest BCUT2D eigenvalue weighted by molar-refractivity contribution is 7.99. The Bertz CT molecular complexity index is 1210. The summed E-state index contributed by atoms with van der Waals surface area (Å²) in [5.41, 5.74) is 1.31. The average molecular weight is 474 g/mol. The molecule has 0 aliphatic heterocycles. The van der Waals surface area contributed by atoms with Gasteiger partial charge in [0.15, 0.2) is 5.16 Å². The van der Waals surface area contributed by atoms with Gasteiger partial charge in [-0.25, -0.2) is 0 Å². The van der Waals surface area contributed by atoms with Crippen LogP contribution in [-0.4, -0.2) is 34.2 Å². The van der Waals surface area contributed by atoms with Crippen LogP contribution < -0.4 is 9.47 Å². The van der Waals surface area contributed by atoms with Crippen LogP contribution >= 0.6 is 11.8 Å². The van der Waals surface area contributed by atoms with Crippen molar-refractivity contribution in [1.29, 1.82) is 0 Å². The summed E-state index contributed by atoms with van der Waals surface area (Å²) in [7, 11) is 1.67. The van der Waals surface area contributed by atoms with E-state index < -0.39 is 0 Å². The highest BCUT2D eigenvalue weighted by Crippen LogP contribution is 2.34. The molecular weight excluding hydrogens is 442 g/mol. The van der Waals surface area contributed by atoms with E-state index in [2.05, 4.69) is 57.2 Å². The molecule has 0 amide bonds. The predicted molar refractivity (Wildman–Crippen MR) is 138 cm³/mol. The standard InChI is InChI=1S/C28H31N3O2S/c1-32-24-14-16-25(17-15-24)33-18-19-34-28-30-29-27(31(28)23-11-3-2-4-12-23)20-22-10-7-9-21-8-5-6-13-26(21)22/h5-10,13-17,23H,2-4,11-12,18-20H2,1H3. The predicted octanol–water partition coefficient (Wildman–Crippen LogP) is 6.71. The summed E-state index contributed by atoms with van der Waals surface area (Å²) in [5, 5.41) is 12.9. The number of fused-ring (bicyclic) bond motifs is 1. The van der Waals surface area contributed by atoms with Gasteiger partial charge in [-0.05, 0) is 53.4 Å². The number of hydrogen-bond acceptors (Lipinski definition) is 5. The highest BCUT2D eigenvalue weighted by atomic mass is 32.2. The van der Waals surface area contributed by atoms with Crippen molar-refractivity contribution in [2.75, 3.05) is 19.5 Å². The molecule has 0 spiro atoms. The lowest BCUT2D eigenvalue weighted by atomic mass is 9.95. The zero-order valence-electron chi connectivity index (χ0n) is 19.7. The quantitative estimate of drug-likeness (QED) is 0.200. The molecule has 1 aliphatic carbocycles. The number of ether oxygens (including phenoxy) is 2. The Morgan fingerprint density at radius 2 is 1.65 bits per heavy atom. The topological polar surface area (TPSA) is 49.2 Å². The third kappa shape index (κ3) is 5.22. The van der Waals surface area contributed by atoms with Gasteiger partial charge in [-0.2, -0.15) is 0 Å². The van der Waals surface area contributed by atoms with Crippen molar-refractivity contribution in [3.05, 3.63) is 78.1 Å². The number of aromatic nitrogens is 3. The van der Waals surface area contributed by atoms with Crippen LogP contribution in [0.4, 0.5) is 0 Å². The van der Waals surface area contributed by atoms with Crippen LogP contribution in [0.15, 0.2) is 71.9 Å². The molecule has 1 fully saturated rings. The highest BCUT2D eigenvalue weighted by Gasteiger charge is 2.23. The first-order valence-electron chi connectivity index (χ1n) is 12.1. The molecule has 6 heteroatoms. The lowest BCUT2D eigenvalue weighted by molar-refractivity contribution is 0.329. The molecule has 1 saturated carbocycles. The number of benzene rings is 3. The number of hydrogen-bond donors (Lipinski definition) is 0. The first-order valence-corrected chi connectivity index (χ1v) is 13.1. The summed E-state index contributed by atoms with van der Waals surface area (Å²) in [6, 6.07) is 23.3. The van der Waals surface area contributed by atoms with Crippen molar-refractivity contribution >= 4 is 22.5 Å². The molecular formula is C28H31N3O2S. The maximum Gasteiger partial charge on any atom is 0.191 e. The largest absolute Gasteiger partial charge is 0.497 e. The third-order valence-corrected chi connectivity index (χ3v) is 7.45. The second kappa shape index (κ2) is 11.0. The van der Waals surface area contributed by atoms with E-state index in [1.165, 1.54) is 48.4 Å². The summed E-state index contributed by atoms with van der Waals surface area (Å²) in [6.45, 7) is 0.618. The fourth-order valence-corrected chi connectivity index (χ4v) is 5.66. The Balaban J connectivity index is 1.31. The molecule has 0 N–H and O–H groups in total. The van der Waals surface area contributed by atoms with Gasteiger partial charge in [0.2, 0.25) is 0 Å². The number of rotatable bonds is 9. The van der Waals surface area contributed by atoms with E-state index in [-0.39, 0.29) is 0 Å². The van der Waals surface area contributed by atoms with Crippen LogP contribution in [0.1, 0.15) is 49.5 Å². The van der Waals surface area contributed by atoms with Gasteiger partial charge in [-0.15, -0.1) is 10.2 Å². The lowest BCUT2D eigenvalue weighted by Crippen LogP contribution is -2.17. The average Bonchev–Trinajstić information content (AvgIpc) is 3.30. The summed E-state index contributed by atoms with van der Waals surface area (Å²) < 4.78 is 13.6. The molecule has 0 radical (unpaired) electrons. The third-order valence-electron chi connectivity index (χ3n) is 6.55. The van der Waals surface area contributed by atoms with E-state index in [1.54, 1.807) is 18.9 Å². The fraction of sp³-hybridized carbons (Fsp3) is 0.357. The molecule has 5 nitrogen and oxygen atoms in total. The molecule has 1 aromatic heterocycles. The van der Waals surface area contributed by atoms with Gasteiger partial charge in [-0.1, -0.05) is 73.5 Å². The fourth-order valence-electron chi connectivity index (χ4n) is 4.81. The van der Waals surface area contributed by atoms with Crippen LogP contribution in [-0.2, 0) is 6.42 Å². The number of nitrogens with zero attached hydrogens (tertiary/aromatic N) is 3. The van der Waals surface area contributed by atoms with Crippen molar-refractivity contribution < 1.29 is 9.47 Å². The van der Waals surface area contributed by atoms with E-state index in [4.69, 9.17) is 9.47 Å². The molecule has 5 rings (SSSR count). The summed E-state index contributed by atoms with van der Waals surface area (Å²) >= 11 is 1.74. The van der Waals surface area contributed by atoms with E-state index in [1.807, 2.05) is 24.3 Å². The minimum atomic E-state index is 0.485. The zero-order valence-corrected chi connectivity index (χ0v) is 20.5. The van der Waals surface area contributed by atoms with Gasteiger partial charge in [0.05, 0.1) is 13.7 Å². The normalized spacial score (nSPS) is 14.4. The van der Waals surface area contributed by atoms with Crippen LogP contribution in [0.3, 0.4) is 0 Å². The van der Waals surface area contributed by atoms with E-state index >= 15 is 0 Å². The van der Waals surface area contributed by atoms with Gasteiger partial charge in [-0.3, -0.25) is 0 Å². The lowest BCUT2D eigenvalue weighted by Gasteiger charge is -2.25. The molecule has 176 valence electrons. The van der Waals surface area contributed by atoms with Crippen LogP contribution in [0.25, 0.3) is 10.8 Å². The molecule has 3 aromatic carbocycles. The van der Waals surface area contributed by atoms with E-state index in [0.717, 1.165) is 34.7 Å². The Labute approximate surface area is 205 Å². The molecule has 34 heavy (non-hydrogen) atoms. The van der Waals surface area contributed by atoms with Gasteiger partial charge in [0.25, 0.3) is 0 Å². The minimum Gasteiger partial charge on any atom is -0.497 e. The van der Waals surface area contributed by atoms with Crippen molar-refractivity contribution in [3.8, 4) is 11.5 Å². The second-order valence-electron chi connectivity index (χ2n) is 8.75. The molecule has 4 aromatic rings. The Kier molecular flexibility index (Phi) is 7.34. The Hall–Kier alpha value is -2.99. The van der Waals surface area contributed by atoms with E-state index in [0.29, 0.717) is 12.6 Å². The molecule has 1 aliphatic rings. The minimum absolute atomic E-state index is 0.485. The molecule has 1 heterocycles. The first-order chi connectivity index (χ1) is 16.8. The first kappa shape index (κ1) is 22.8. The van der Waals surface area contributed by atoms with Gasteiger partial charge < -0.3 is 14.0 Å². The van der Waals surface area contributed by atoms with Crippen LogP contribution in [0.2, 0.25) is 0 Å². The Morgan fingerprint density at radius 3 is 2.47 bits per heavy atom. The number of thioether (sulfide) groups is 1. The van der Waals surface area contributed by atoms with Crippen LogP contribution in [0, 0.1) is 0 Å². The summed E-state index contributed by atoms with van der Waals surface area (Å²) in [4.78, 5) is 0. The van der Waals surface area contributed by atoms with Gasteiger partial charge in [0, 0.05) is 18.2 Å². The van der Waals surface area contributed by atoms with Crippen molar-refractivity contribution in [2.24, 2.45) is 0 Å². The number of methoxy groups -OCH3 is 1. The smallest absolute Gasteiger partial charge is 0.191 e. The van der Waals surface area contributed by atoms with Crippen LogP contribution in [0.5, 0.6) is 11.5 Å². The maximum absolute atomic E-state index is 5.93. The molecule has 0 bridgehead atoms. The molecule has 0 unspecified atom stereocenters. The van der Waals surface area contributed by atoms with Crippen molar-refractivity contribution in [2.45, 2.75) is 49.7 Å². The van der Waals surface area contributed by atoms with E-state index in [9.17, 15) is 0 Å². The SMILES string of the molecule is COc1ccc(OCCSc2nnc(Cc3cccc4ccccc34)n2C2CCCCC2)cc1. The van der Waals surface area contributed by atoms with Gasteiger partial charge in [0.1, 0.15) is 17.3 Å². The molecule has 0 atom stereocenters. The monoisotopic (exact) mass is 473 g/mol.